The van der Waals surface area contributed by atoms with E-state index in [9.17, 15) is 9.59 Å². The fraction of sp³-hybridized carbons (Fsp3) is 0.333. The fourth-order valence-electron chi connectivity index (χ4n) is 3.47. The molecule has 5 heteroatoms. The monoisotopic (exact) mass is 353 g/mol. The SMILES string of the molecule is COC(=O)c1cc(CNC(=O)C2CCCc3ccccc32)ccc1OC. The summed E-state index contributed by atoms with van der Waals surface area (Å²) in [5, 5.41) is 3.00. The van der Waals surface area contributed by atoms with Gasteiger partial charge in [-0.3, -0.25) is 4.79 Å². The van der Waals surface area contributed by atoms with E-state index < -0.39 is 5.97 Å². The molecule has 1 N–H and O–H groups in total. The predicted molar refractivity (Wildman–Crippen MR) is 98.3 cm³/mol. The largest absolute Gasteiger partial charge is 0.496 e. The van der Waals surface area contributed by atoms with E-state index in [1.54, 1.807) is 12.1 Å². The standard InChI is InChI=1S/C21H23NO4/c1-25-19-11-10-14(12-18(19)21(24)26-2)13-22-20(23)17-9-5-7-15-6-3-4-8-16(15)17/h3-4,6,8,10-12,17H,5,7,9,13H2,1-2H3,(H,22,23). The molecule has 5 nitrogen and oxygen atoms in total. The lowest BCUT2D eigenvalue weighted by atomic mass is 9.82. The highest BCUT2D eigenvalue weighted by molar-refractivity contribution is 5.92. The Kier molecular flexibility index (Phi) is 5.56. The maximum Gasteiger partial charge on any atom is 0.341 e. The lowest BCUT2D eigenvalue weighted by Crippen LogP contribution is -2.31. The van der Waals surface area contributed by atoms with Crippen molar-refractivity contribution < 1.29 is 19.1 Å². The number of ether oxygens (including phenoxy) is 2. The normalized spacial score (nSPS) is 15.7. The molecule has 0 heterocycles. The molecule has 2 aromatic rings. The third-order valence-electron chi connectivity index (χ3n) is 4.82. The Hall–Kier alpha value is -2.82. The highest BCUT2D eigenvalue weighted by Gasteiger charge is 2.26. The van der Waals surface area contributed by atoms with Crippen molar-refractivity contribution in [3.63, 3.8) is 0 Å². The number of aryl methyl sites for hydroxylation is 1. The van der Waals surface area contributed by atoms with Crippen molar-refractivity contribution in [1.82, 2.24) is 5.32 Å². The molecule has 136 valence electrons. The minimum Gasteiger partial charge on any atom is -0.496 e. The van der Waals surface area contributed by atoms with E-state index >= 15 is 0 Å². The van der Waals surface area contributed by atoms with Crippen molar-refractivity contribution in [2.45, 2.75) is 31.7 Å². The van der Waals surface area contributed by atoms with Gasteiger partial charge in [0.15, 0.2) is 0 Å². The topological polar surface area (TPSA) is 64.6 Å². The van der Waals surface area contributed by atoms with Crippen LogP contribution >= 0.6 is 0 Å². The highest BCUT2D eigenvalue weighted by Crippen LogP contribution is 2.31. The van der Waals surface area contributed by atoms with Crippen LogP contribution in [0.1, 0.15) is 45.8 Å². The highest BCUT2D eigenvalue weighted by atomic mass is 16.5. The maximum absolute atomic E-state index is 12.7. The predicted octanol–water partition coefficient (Wildman–Crippen LogP) is 3.22. The van der Waals surface area contributed by atoms with Crippen LogP contribution < -0.4 is 10.1 Å². The molecular formula is C21H23NO4. The van der Waals surface area contributed by atoms with Crippen molar-refractivity contribution in [1.29, 1.82) is 0 Å². The van der Waals surface area contributed by atoms with Crippen LogP contribution in [0, 0.1) is 0 Å². The van der Waals surface area contributed by atoms with Crippen LogP contribution in [0.15, 0.2) is 42.5 Å². The third-order valence-corrected chi connectivity index (χ3v) is 4.82. The summed E-state index contributed by atoms with van der Waals surface area (Å²) < 4.78 is 9.98. The van der Waals surface area contributed by atoms with E-state index in [2.05, 4.69) is 11.4 Å². The number of esters is 1. The van der Waals surface area contributed by atoms with Crippen LogP contribution in [-0.4, -0.2) is 26.1 Å². The zero-order valence-electron chi connectivity index (χ0n) is 15.1. The summed E-state index contributed by atoms with van der Waals surface area (Å²) in [6, 6.07) is 13.4. The van der Waals surface area contributed by atoms with Gasteiger partial charge in [-0.15, -0.1) is 0 Å². The van der Waals surface area contributed by atoms with Crippen LogP contribution in [0.4, 0.5) is 0 Å². The second kappa shape index (κ2) is 8.04. The van der Waals surface area contributed by atoms with Gasteiger partial charge in [-0.05, 0) is 48.1 Å². The van der Waals surface area contributed by atoms with E-state index in [-0.39, 0.29) is 11.8 Å². The molecule has 2 aromatic carbocycles. The third kappa shape index (κ3) is 3.72. The number of carbonyl (C=O) groups excluding carboxylic acids is 2. The molecule has 1 atom stereocenters. The van der Waals surface area contributed by atoms with Crippen LogP contribution in [-0.2, 0) is 22.5 Å². The van der Waals surface area contributed by atoms with Gasteiger partial charge < -0.3 is 14.8 Å². The molecular weight excluding hydrogens is 330 g/mol. The van der Waals surface area contributed by atoms with E-state index in [0.717, 1.165) is 30.4 Å². The van der Waals surface area contributed by atoms with E-state index in [4.69, 9.17) is 9.47 Å². The van der Waals surface area contributed by atoms with Crippen LogP contribution in [0.5, 0.6) is 5.75 Å². The van der Waals surface area contributed by atoms with Crippen molar-refractivity contribution in [3.05, 3.63) is 64.7 Å². The van der Waals surface area contributed by atoms with Gasteiger partial charge in [-0.2, -0.15) is 0 Å². The first-order valence-electron chi connectivity index (χ1n) is 8.74. The minimum absolute atomic E-state index is 0.0209. The summed E-state index contributed by atoms with van der Waals surface area (Å²) in [5.41, 5.74) is 3.56. The summed E-state index contributed by atoms with van der Waals surface area (Å²) >= 11 is 0. The van der Waals surface area contributed by atoms with Gasteiger partial charge in [0.05, 0.1) is 20.1 Å². The van der Waals surface area contributed by atoms with Crippen molar-refractivity contribution in [3.8, 4) is 5.75 Å². The number of benzene rings is 2. The van der Waals surface area contributed by atoms with Crippen LogP contribution in [0.25, 0.3) is 0 Å². The molecule has 0 saturated heterocycles. The molecule has 3 rings (SSSR count). The van der Waals surface area contributed by atoms with Crippen molar-refractivity contribution in [2.24, 2.45) is 0 Å². The molecule has 0 fully saturated rings. The summed E-state index contributed by atoms with van der Waals surface area (Å²) in [4.78, 5) is 24.6. The quantitative estimate of drug-likeness (QED) is 0.839. The molecule has 0 spiro atoms. The summed E-state index contributed by atoms with van der Waals surface area (Å²) in [6.07, 6.45) is 2.91. The smallest absolute Gasteiger partial charge is 0.341 e. The molecule has 1 amide bonds. The van der Waals surface area contributed by atoms with Crippen LogP contribution in [0.3, 0.4) is 0 Å². The Morgan fingerprint density at radius 3 is 2.73 bits per heavy atom. The number of methoxy groups -OCH3 is 2. The van der Waals surface area contributed by atoms with Crippen molar-refractivity contribution in [2.75, 3.05) is 14.2 Å². The lowest BCUT2D eigenvalue weighted by molar-refractivity contribution is -0.123. The molecule has 0 aromatic heterocycles. The van der Waals surface area contributed by atoms with Crippen LogP contribution in [0.2, 0.25) is 0 Å². The minimum atomic E-state index is -0.462. The van der Waals surface area contributed by atoms with Gasteiger partial charge in [0, 0.05) is 6.54 Å². The number of fused-ring (bicyclic) bond motifs is 1. The number of amides is 1. The first kappa shape index (κ1) is 18.0. The van der Waals surface area contributed by atoms with Crippen molar-refractivity contribution >= 4 is 11.9 Å². The molecule has 1 unspecified atom stereocenters. The summed E-state index contributed by atoms with van der Waals surface area (Å²) in [6.45, 7) is 0.353. The number of nitrogens with one attached hydrogen (secondary N) is 1. The second-order valence-corrected chi connectivity index (χ2v) is 6.39. The Balaban J connectivity index is 1.72. The Bertz CT molecular complexity index is 815. The number of rotatable bonds is 5. The fourth-order valence-corrected chi connectivity index (χ4v) is 3.47. The molecule has 0 aliphatic heterocycles. The zero-order chi connectivity index (χ0) is 18.5. The van der Waals surface area contributed by atoms with E-state index in [0.29, 0.717) is 17.9 Å². The molecule has 0 bridgehead atoms. The number of hydrogen-bond donors (Lipinski definition) is 1. The van der Waals surface area contributed by atoms with Gasteiger partial charge >= 0.3 is 5.97 Å². The molecule has 1 aliphatic rings. The lowest BCUT2D eigenvalue weighted by Gasteiger charge is -2.24. The Labute approximate surface area is 153 Å². The van der Waals surface area contributed by atoms with E-state index in [1.165, 1.54) is 19.8 Å². The molecule has 26 heavy (non-hydrogen) atoms. The second-order valence-electron chi connectivity index (χ2n) is 6.39. The first-order chi connectivity index (χ1) is 12.6. The summed E-state index contributed by atoms with van der Waals surface area (Å²) in [5.74, 6) is -0.102. The molecule has 0 radical (unpaired) electrons. The Morgan fingerprint density at radius 1 is 1.15 bits per heavy atom. The van der Waals surface area contributed by atoms with Gasteiger partial charge in [-0.25, -0.2) is 4.79 Å². The van der Waals surface area contributed by atoms with Gasteiger partial charge in [-0.1, -0.05) is 30.3 Å². The average Bonchev–Trinajstić information content (AvgIpc) is 2.70. The maximum atomic E-state index is 12.7. The molecule has 0 saturated carbocycles. The summed E-state index contributed by atoms with van der Waals surface area (Å²) in [7, 11) is 2.83. The molecule has 1 aliphatic carbocycles. The van der Waals surface area contributed by atoms with Gasteiger partial charge in [0.2, 0.25) is 5.91 Å². The first-order valence-corrected chi connectivity index (χ1v) is 8.74. The van der Waals surface area contributed by atoms with Gasteiger partial charge in [0.1, 0.15) is 11.3 Å². The Morgan fingerprint density at radius 2 is 1.96 bits per heavy atom. The average molecular weight is 353 g/mol. The van der Waals surface area contributed by atoms with E-state index in [1.807, 2.05) is 24.3 Å². The zero-order valence-corrected chi connectivity index (χ0v) is 15.1. The number of hydrogen-bond acceptors (Lipinski definition) is 4. The number of carbonyl (C=O) groups is 2. The van der Waals surface area contributed by atoms with Gasteiger partial charge in [0.25, 0.3) is 0 Å².